The molecule has 0 aliphatic carbocycles. The van der Waals surface area contributed by atoms with Crippen molar-refractivity contribution in [2.24, 2.45) is 0 Å². The normalized spacial score (nSPS) is 5.20. The van der Waals surface area contributed by atoms with Crippen LogP contribution in [0, 0.1) is 0 Å². The topological polar surface area (TPSA) is 49.7 Å². The first kappa shape index (κ1) is 42.8. The van der Waals surface area contributed by atoms with E-state index in [0.29, 0.717) is 0 Å². The molecule has 0 atom stereocenters. The lowest BCUT2D eigenvalue weighted by atomic mass is 10.4. The molecule has 0 aromatic carbocycles. The van der Waals surface area contributed by atoms with Gasteiger partial charge in [-0.25, -0.2) is 0 Å². The summed E-state index contributed by atoms with van der Waals surface area (Å²) in [4.78, 5) is 0. The Morgan fingerprint density at radius 2 is 0.950 bits per heavy atom. The predicted octanol–water partition coefficient (Wildman–Crippen LogP) is 4.41. The minimum atomic E-state index is -0.125. The first-order chi connectivity index (χ1) is 9.83. The molecule has 0 bridgehead atoms. The van der Waals surface area contributed by atoms with Crippen LogP contribution in [0.3, 0.4) is 0 Å². The van der Waals surface area contributed by atoms with E-state index in [2.05, 4.69) is 72.7 Å². The van der Waals surface area contributed by atoms with Gasteiger partial charge in [-0.3, -0.25) is 0 Å². The van der Waals surface area contributed by atoms with Crippen molar-refractivity contribution in [1.29, 1.82) is 0 Å². The molecule has 3 heteroatoms. The van der Waals surface area contributed by atoms with Gasteiger partial charge in [0.1, 0.15) is 0 Å². The van der Waals surface area contributed by atoms with Gasteiger partial charge in [0.05, 0.1) is 13.2 Å². The van der Waals surface area contributed by atoms with Crippen molar-refractivity contribution in [3.05, 3.63) is 65.8 Å². The first-order valence-electron chi connectivity index (χ1n) is 6.04. The van der Waals surface area contributed by atoms with E-state index in [1.165, 1.54) is 12.8 Å². The number of hydrogen-bond donors (Lipinski definition) is 2. The van der Waals surface area contributed by atoms with Gasteiger partial charge in [0.25, 0.3) is 0 Å². The summed E-state index contributed by atoms with van der Waals surface area (Å²) in [5.41, 5.74) is 0. The zero-order valence-corrected chi connectivity index (χ0v) is 13.9. The van der Waals surface area contributed by atoms with Gasteiger partial charge >= 0.3 is 0 Å². The van der Waals surface area contributed by atoms with E-state index in [9.17, 15) is 0 Å². The minimum Gasteiger partial charge on any atom is -0.394 e. The Morgan fingerprint density at radius 1 is 0.700 bits per heavy atom. The molecule has 0 saturated carbocycles. The van der Waals surface area contributed by atoms with E-state index in [0.717, 1.165) is 6.61 Å². The Hall–Kier alpha value is -1.42. The summed E-state index contributed by atoms with van der Waals surface area (Å²) in [5.74, 6) is 0. The van der Waals surface area contributed by atoms with E-state index >= 15 is 0 Å². The summed E-state index contributed by atoms with van der Waals surface area (Å²) in [6, 6.07) is 0. The lowest BCUT2D eigenvalue weighted by Crippen LogP contribution is -1.85. The second kappa shape index (κ2) is 230. The van der Waals surface area contributed by atoms with Crippen molar-refractivity contribution in [3.63, 3.8) is 0 Å². The number of unbranched alkanes of at least 4 members (excludes halogenated alkanes) is 1. The molecule has 0 unspecified atom stereocenters. The summed E-state index contributed by atoms with van der Waals surface area (Å²) in [5, 5.41) is 15.2. The van der Waals surface area contributed by atoms with Gasteiger partial charge in [-0.15, -0.1) is 65.8 Å². The quantitative estimate of drug-likeness (QED) is 0.595. The Kier molecular flexibility index (Phi) is 493. The lowest BCUT2D eigenvalue weighted by Gasteiger charge is -1.89. The summed E-state index contributed by atoms with van der Waals surface area (Å²) < 4.78 is 4.78. The number of aliphatic hydroxyl groups excluding tert-OH is 2. The van der Waals surface area contributed by atoms with Gasteiger partial charge in [0, 0.05) is 13.7 Å². The molecule has 20 heavy (non-hydrogen) atoms. The van der Waals surface area contributed by atoms with E-state index in [-0.39, 0.29) is 13.2 Å². The highest BCUT2D eigenvalue weighted by atomic mass is 16.5. The molecule has 0 rings (SSSR count). The van der Waals surface area contributed by atoms with E-state index in [1.54, 1.807) is 7.11 Å². The number of aliphatic hydroxyl groups is 2. The van der Waals surface area contributed by atoms with Crippen LogP contribution in [0.5, 0.6) is 0 Å². The van der Waals surface area contributed by atoms with Crippen molar-refractivity contribution >= 4 is 0 Å². The highest BCUT2D eigenvalue weighted by molar-refractivity contribution is 4.26. The second-order valence-corrected chi connectivity index (χ2v) is 1.79. The third kappa shape index (κ3) is 605. The molecule has 0 aliphatic rings. The van der Waals surface area contributed by atoms with E-state index in [4.69, 9.17) is 14.9 Å². The number of rotatable bonds is 4. The second-order valence-electron chi connectivity index (χ2n) is 1.79. The Bertz CT molecular complexity index is 70.7. The van der Waals surface area contributed by atoms with Crippen molar-refractivity contribution in [3.8, 4) is 0 Å². The maximum Gasteiger partial charge on any atom is 0.0662 e. The van der Waals surface area contributed by atoms with Gasteiger partial charge in [-0.05, 0) is 6.42 Å². The average Bonchev–Trinajstić information content (AvgIpc) is 2.62. The molecule has 0 amide bonds. The monoisotopic (exact) mass is 290 g/mol. The van der Waals surface area contributed by atoms with Crippen LogP contribution in [0.2, 0.25) is 0 Å². The first-order valence-corrected chi connectivity index (χ1v) is 6.04. The highest BCUT2D eigenvalue weighted by Crippen LogP contribution is 1.83. The van der Waals surface area contributed by atoms with Crippen molar-refractivity contribution in [1.82, 2.24) is 0 Å². The van der Waals surface area contributed by atoms with Crippen LogP contribution < -0.4 is 0 Å². The maximum absolute atomic E-state index is 7.62. The third-order valence-electron chi connectivity index (χ3n) is 0.802. The summed E-state index contributed by atoms with van der Waals surface area (Å²) in [6.45, 7) is 32.8. The largest absolute Gasteiger partial charge is 0.394 e. The van der Waals surface area contributed by atoms with Gasteiger partial charge < -0.3 is 14.9 Å². The van der Waals surface area contributed by atoms with Gasteiger partial charge in [0.15, 0.2) is 0 Å². The van der Waals surface area contributed by atoms with Crippen molar-refractivity contribution < 1.29 is 14.9 Å². The molecule has 0 aromatic rings. The van der Waals surface area contributed by atoms with Gasteiger partial charge in [-0.2, -0.15) is 0 Å². The molecule has 0 heterocycles. The summed E-state index contributed by atoms with van der Waals surface area (Å²) in [7, 11) is 1.73. The standard InChI is InChI=1S/C5H12O.C2H6O2.5C2H4/c1-3-4-5-6-2;3-1-2-4;5*1-2/h3-5H2,1-2H3;3-4H,1-2H2;5*1-2H2. The maximum atomic E-state index is 7.62. The van der Waals surface area contributed by atoms with Crippen LogP contribution in [-0.2, 0) is 4.74 Å². The van der Waals surface area contributed by atoms with Crippen LogP contribution in [0.15, 0.2) is 65.8 Å². The molecule has 0 aliphatic heterocycles. The predicted molar refractivity (Wildman–Crippen MR) is 97.2 cm³/mol. The minimum absolute atomic E-state index is 0.125. The van der Waals surface area contributed by atoms with E-state index in [1.807, 2.05) is 0 Å². The molecule has 2 N–H and O–H groups in total. The number of hydrogen-bond acceptors (Lipinski definition) is 3. The number of methoxy groups -OCH3 is 1. The van der Waals surface area contributed by atoms with E-state index < -0.39 is 0 Å². The van der Waals surface area contributed by atoms with Gasteiger partial charge in [0.2, 0.25) is 0 Å². The molecular weight excluding hydrogens is 252 g/mol. The average molecular weight is 290 g/mol. The Balaban J connectivity index is -0.0000000214. The molecule has 0 radical (unpaired) electrons. The zero-order chi connectivity index (χ0) is 18.2. The van der Waals surface area contributed by atoms with Crippen molar-refractivity contribution in [2.75, 3.05) is 26.9 Å². The smallest absolute Gasteiger partial charge is 0.0662 e. The van der Waals surface area contributed by atoms with Crippen LogP contribution in [0.25, 0.3) is 0 Å². The zero-order valence-electron chi connectivity index (χ0n) is 13.9. The lowest BCUT2D eigenvalue weighted by molar-refractivity contribution is 0.186. The van der Waals surface area contributed by atoms with Crippen molar-refractivity contribution in [2.45, 2.75) is 19.8 Å². The highest BCUT2D eigenvalue weighted by Gasteiger charge is 1.74. The summed E-state index contributed by atoms with van der Waals surface area (Å²) >= 11 is 0. The fourth-order valence-corrected chi connectivity index (χ4v) is 0.289. The Labute approximate surface area is 128 Å². The molecule has 3 nitrogen and oxygen atoms in total. The molecule has 124 valence electrons. The van der Waals surface area contributed by atoms with Crippen LogP contribution in [-0.4, -0.2) is 37.1 Å². The summed E-state index contributed by atoms with van der Waals surface area (Å²) in [6.07, 6.45) is 2.42. The molecule has 0 aromatic heterocycles. The molecule has 0 saturated heterocycles. The molecule has 0 spiro atoms. The fraction of sp³-hybridized carbons (Fsp3) is 0.412. The molecule has 0 fully saturated rings. The SMILES string of the molecule is C=C.C=C.C=C.C=C.C=C.CCCCOC.OCCO. The van der Waals surface area contributed by atoms with Crippen LogP contribution in [0.4, 0.5) is 0 Å². The van der Waals surface area contributed by atoms with Gasteiger partial charge in [-0.1, -0.05) is 13.3 Å². The van der Waals surface area contributed by atoms with Crippen LogP contribution in [0.1, 0.15) is 19.8 Å². The fourth-order valence-electron chi connectivity index (χ4n) is 0.289. The Morgan fingerprint density at radius 3 is 1.00 bits per heavy atom. The number of ether oxygens (including phenoxy) is 1. The van der Waals surface area contributed by atoms with Crippen LogP contribution >= 0.6 is 0 Å². The molecular formula is C17H38O3. The third-order valence-corrected chi connectivity index (χ3v) is 0.802.